The maximum atomic E-state index is 12.0. The van der Waals surface area contributed by atoms with Crippen molar-refractivity contribution in [2.24, 2.45) is 5.73 Å². The van der Waals surface area contributed by atoms with Crippen molar-refractivity contribution in [2.45, 2.75) is 36.8 Å². The van der Waals surface area contributed by atoms with Gasteiger partial charge in [-0.05, 0) is 31.4 Å². The zero-order valence-corrected chi connectivity index (χ0v) is 12.9. The molecule has 1 aromatic carbocycles. The van der Waals surface area contributed by atoms with Crippen molar-refractivity contribution in [1.29, 1.82) is 0 Å². The van der Waals surface area contributed by atoms with E-state index in [1.54, 1.807) is 0 Å². The smallest absolute Gasteiger partial charge is 0.258 e. The normalized spacial score (nSPS) is 21.3. The zero-order chi connectivity index (χ0) is 13.4. The quantitative estimate of drug-likeness (QED) is 0.913. The van der Waals surface area contributed by atoms with E-state index in [9.17, 15) is 4.79 Å². The van der Waals surface area contributed by atoms with Gasteiger partial charge in [0.2, 0.25) is 0 Å². The van der Waals surface area contributed by atoms with Gasteiger partial charge in [0.25, 0.3) is 5.56 Å². The average molecular weight is 312 g/mol. The van der Waals surface area contributed by atoms with E-state index in [0.29, 0.717) is 16.7 Å². The molecule has 20 heavy (non-hydrogen) atoms. The highest BCUT2D eigenvalue weighted by Crippen LogP contribution is 2.32. The number of aryl methyl sites for hydroxylation is 1. The van der Waals surface area contributed by atoms with Crippen LogP contribution in [0.25, 0.3) is 10.9 Å². The number of aromatic amines is 1. The van der Waals surface area contributed by atoms with Crippen molar-refractivity contribution in [3.05, 3.63) is 39.9 Å². The third kappa shape index (κ3) is 3.00. The summed E-state index contributed by atoms with van der Waals surface area (Å²) in [7, 11) is 0. The molecule has 0 saturated heterocycles. The Balaban J connectivity index is 0.00000147. The topological polar surface area (TPSA) is 71.8 Å². The number of halogens is 1. The van der Waals surface area contributed by atoms with Gasteiger partial charge in [0.15, 0.2) is 0 Å². The number of hydrogen-bond donors (Lipinski definition) is 2. The minimum atomic E-state index is -0.0467. The van der Waals surface area contributed by atoms with Crippen molar-refractivity contribution in [1.82, 2.24) is 9.97 Å². The summed E-state index contributed by atoms with van der Waals surface area (Å²) in [5.74, 6) is 1.51. The van der Waals surface area contributed by atoms with Crippen LogP contribution in [0.15, 0.2) is 23.0 Å². The Morgan fingerprint density at radius 1 is 1.45 bits per heavy atom. The largest absolute Gasteiger partial charge is 0.328 e. The maximum absolute atomic E-state index is 12.0. The summed E-state index contributed by atoms with van der Waals surface area (Å²) in [4.78, 5) is 19.5. The van der Waals surface area contributed by atoms with Gasteiger partial charge in [-0.2, -0.15) is 11.8 Å². The summed E-state index contributed by atoms with van der Waals surface area (Å²) in [5.41, 5.74) is 7.58. The second-order valence-electron chi connectivity index (χ2n) is 5.15. The second-order valence-corrected chi connectivity index (χ2v) is 6.44. The highest BCUT2D eigenvalue weighted by atomic mass is 35.5. The van der Waals surface area contributed by atoms with Gasteiger partial charge in [0, 0.05) is 11.3 Å². The van der Waals surface area contributed by atoms with E-state index in [2.05, 4.69) is 9.97 Å². The lowest BCUT2D eigenvalue weighted by molar-refractivity contribution is 0.432. The Hall–Kier alpha value is -1.04. The van der Waals surface area contributed by atoms with Crippen LogP contribution in [0.1, 0.15) is 24.2 Å². The Morgan fingerprint density at radius 3 is 2.90 bits per heavy atom. The number of nitrogens with two attached hydrogens (primary N) is 1. The van der Waals surface area contributed by atoms with Crippen LogP contribution < -0.4 is 11.3 Å². The van der Waals surface area contributed by atoms with E-state index in [-0.39, 0.29) is 18.0 Å². The molecule has 0 spiro atoms. The monoisotopic (exact) mass is 311 g/mol. The van der Waals surface area contributed by atoms with Crippen molar-refractivity contribution in [2.75, 3.05) is 0 Å². The molecule has 0 radical (unpaired) electrons. The van der Waals surface area contributed by atoms with Gasteiger partial charge in [-0.15, -0.1) is 12.4 Å². The molecule has 1 aliphatic rings. The Bertz CT molecular complexity index is 667. The summed E-state index contributed by atoms with van der Waals surface area (Å²) < 4.78 is 0. The van der Waals surface area contributed by atoms with Gasteiger partial charge in [-0.1, -0.05) is 12.1 Å². The molecule has 1 aromatic heterocycles. The fraction of sp³-hybridized carbons (Fsp3) is 0.429. The summed E-state index contributed by atoms with van der Waals surface area (Å²) >= 11 is 1.83. The predicted octanol–water partition coefficient (Wildman–Crippen LogP) is 2.38. The van der Waals surface area contributed by atoms with E-state index >= 15 is 0 Å². The van der Waals surface area contributed by atoms with Crippen molar-refractivity contribution in [3.63, 3.8) is 0 Å². The maximum Gasteiger partial charge on any atom is 0.258 e. The van der Waals surface area contributed by atoms with Gasteiger partial charge in [0.05, 0.1) is 16.7 Å². The summed E-state index contributed by atoms with van der Waals surface area (Å²) in [6.07, 6.45) is 2.14. The second kappa shape index (κ2) is 6.16. The molecule has 0 amide bonds. The van der Waals surface area contributed by atoms with E-state index in [1.807, 2.05) is 36.9 Å². The number of aromatic nitrogens is 2. The molecule has 6 heteroatoms. The molecule has 0 atom stereocenters. The molecule has 1 heterocycles. The first-order valence-corrected chi connectivity index (χ1v) is 7.54. The lowest BCUT2D eigenvalue weighted by atomic mass is 9.94. The number of para-hydroxylation sites is 1. The van der Waals surface area contributed by atoms with Gasteiger partial charge in [-0.25, -0.2) is 4.98 Å². The Kier molecular flexibility index (Phi) is 4.73. The predicted molar refractivity (Wildman–Crippen MR) is 86.6 cm³/mol. The molecule has 3 rings (SSSR count). The minimum absolute atomic E-state index is 0. The zero-order valence-electron chi connectivity index (χ0n) is 11.3. The van der Waals surface area contributed by atoms with Gasteiger partial charge < -0.3 is 10.7 Å². The number of hydrogen-bond acceptors (Lipinski definition) is 4. The first-order chi connectivity index (χ1) is 9.13. The van der Waals surface area contributed by atoms with Crippen LogP contribution in [0.4, 0.5) is 0 Å². The van der Waals surface area contributed by atoms with Crippen LogP contribution >= 0.6 is 24.2 Å². The molecule has 1 saturated carbocycles. The molecule has 1 aliphatic carbocycles. The fourth-order valence-corrected chi connectivity index (χ4v) is 3.66. The van der Waals surface area contributed by atoms with Crippen molar-refractivity contribution in [3.8, 4) is 0 Å². The molecule has 4 nitrogen and oxygen atoms in total. The highest BCUT2D eigenvalue weighted by molar-refractivity contribution is 7.99. The lowest BCUT2D eigenvalue weighted by Crippen LogP contribution is -2.38. The van der Waals surface area contributed by atoms with Crippen LogP contribution in [0.2, 0.25) is 0 Å². The standard InChI is InChI=1S/C14H17N3OS.ClH/c1-8-3-2-4-11-13(8)16-12(17-14(11)18)7-19-10-5-9(15)6-10;/h2-4,9-10H,5-7,15H2,1H3,(H,16,17,18);1H. The Labute approximate surface area is 128 Å². The van der Waals surface area contributed by atoms with Gasteiger partial charge >= 0.3 is 0 Å². The van der Waals surface area contributed by atoms with Crippen molar-refractivity contribution >= 4 is 35.1 Å². The summed E-state index contributed by atoms with van der Waals surface area (Å²) in [5, 5.41) is 1.28. The van der Waals surface area contributed by atoms with Crippen LogP contribution in [0, 0.1) is 6.92 Å². The molecule has 3 N–H and O–H groups in total. The van der Waals surface area contributed by atoms with Crippen LogP contribution in [-0.2, 0) is 5.75 Å². The first-order valence-electron chi connectivity index (χ1n) is 6.49. The molecule has 2 aromatic rings. The first kappa shape index (κ1) is 15.4. The third-order valence-corrected chi connectivity index (χ3v) is 4.87. The van der Waals surface area contributed by atoms with Crippen LogP contribution in [0.5, 0.6) is 0 Å². The minimum Gasteiger partial charge on any atom is -0.328 e. The Morgan fingerprint density at radius 2 is 2.20 bits per heavy atom. The molecular formula is C14H18ClN3OS. The third-order valence-electron chi connectivity index (χ3n) is 3.57. The molecule has 0 bridgehead atoms. The molecule has 108 valence electrons. The highest BCUT2D eigenvalue weighted by Gasteiger charge is 2.26. The number of nitrogens with one attached hydrogen (secondary N) is 1. The SMILES string of the molecule is Cc1cccc2c(=O)[nH]c(CSC3CC(N)C3)nc12.Cl. The average Bonchev–Trinajstić information content (AvgIpc) is 2.35. The van der Waals surface area contributed by atoms with E-state index < -0.39 is 0 Å². The molecule has 1 fully saturated rings. The van der Waals surface area contributed by atoms with E-state index in [0.717, 1.165) is 35.5 Å². The lowest BCUT2D eigenvalue weighted by Gasteiger charge is -2.31. The van der Waals surface area contributed by atoms with E-state index in [4.69, 9.17) is 5.73 Å². The number of rotatable bonds is 3. The summed E-state index contributed by atoms with van der Waals surface area (Å²) in [6.45, 7) is 1.98. The van der Waals surface area contributed by atoms with Gasteiger partial charge in [0.1, 0.15) is 5.82 Å². The van der Waals surface area contributed by atoms with Gasteiger partial charge in [-0.3, -0.25) is 4.79 Å². The molecular weight excluding hydrogens is 294 g/mol. The van der Waals surface area contributed by atoms with Crippen LogP contribution in [-0.4, -0.2) is 21.3 Å². The fourth-order valence-electron chi connectivity index (χ4n) is 2.36. The number of H-pyrrole nitrogens is 1. The van der Waals surface area contributed by atoms with Crippen LogP contribution in [0.3, 0.4) is 0 Å². The summed E-state index contributed by atoms with van der Waals surface area (Å²) in [6, 6.07) is 6.05. The number of thioether (sulfide) groups is 1. The number of benzene rings is 1. The number of nitrogens with zero attached hydrogens (tertiary/aromatic N) is 1. The molecule has 0 unspecified atom stereocenters. The van der Waals surface area contributed by atoms with E-state index in [1.165, 1.54) is 0 Å². The molecule has 0 aliphatic heterocycles. The van der Waals surface area contributed by atoms with Crippen molar-refractivity contribution < 1.29 is 0 Å². The number of fused-ring (bicyclic) bond motifs is 1.